The molecular weight excluding hydrogens is 150 g/mol. The van der Waals surface area contributed by atoms with Crippen LogP contribution in [0.3, 0.4) is 0 Å². The maximum Gasteiger partial charge on any atom is 0.118 e. The number of nitrogens with zero attached hydrogens (tertiary/aromatic N) is 1. The van der Waals surface area contributed by atoms with E-state index < -0.39 is 0 Å². The Kier molecular flexibility index (Phi) is 2.80. The number of ether oxygens (including phenoxy) is 1. The molecule has 1 aromatic rings. The minimum atomic E-state index is 0.0222. The van der Waals surface area contributed by atoms with E-state index in [1.54, 1.807) is 7.11 Å². The van der Waals surface area contributed by atoms with E-state index >= 15 is 0 Å². The fourth-order valence-corrected chi connectivity index (χ4v) is 1.27. The van der Waals surface area contributed by atoms with Gasteiger partial charge in [-0.2, -0.15) is 0 Å². The average molecular weight is 159 g/mol. The van der Waals surface area contributed by atoms with Crippen LogP contribution in [0.2, 0.25) is 0 Å². The van der Waals surface area contributed by atoms with Gasteiger partial charge in [0.2, 0.25) is 0 Å². The number of aliphatic hydroxyl groups excluding tert-OH is 1. The van der Waals surface area contributed by atoms with Gasteiger partial charge in [0.15, 0.2) is 0 Å². The second-order valence-corrected chi connectivity index (χ2v) is 2.77. The van der Waals surface area contributed by atoms with Crippen LogP contribution < -0.4 is 0 Å². The third-order valence-electron chi connectivity index (χ3n) is 1.03. The Balaban J connectivity index is 2.59. The molecule has 0 aromatic carbocycles. The SMILES string of the molecule is COCc1csc(CO)n1. The van der Waals surface area contributed by atoms with Crippen LogP contribution in [0.15, 0.2) is 5.38 Å². The number of thiazole rings is 1. The highest BCUT2D eigenvalue weighted by Crippen LogP contribution is 2.09. The van der Waals surface area contributed by atoms with Crippen molar-refractivity contribution in [3.8, 4) is 0 Å². The summed E-state index contributed by atoms with van der Waals surface area (Å²) in [5, 5.41) is 11.3. The number of hydrogen-bond donors (Lipinski definition) is 1. The summed E-state index contributed by atoms with van der Waals surface area (Å²) >= 11 is 1.45. The molecule has 0 atom stereocenters. The van der Waals surface area contributed by atoms with E-state index in [1.807, 2.05) is 5.38 Å². The first kappa shape index (κ1) is 7.65. The molecule has 3 nitrogen and oxygen atoms in total. The number of aromatic nitrogens is 1. The minimum Gasteiger partial charge on any atom is -0.389 e. The van der Waals surface area contributed by atoms with E-state index in [9.17, 15) is 0 Å². The molecule has 0 aliphatic heterocycles. The molecule has 1 rings (SSSR count). The summed E-state index contributed by atoms with van der Waals surface area (Å²) in [5.41, 5.74) is 0.886. The molecule has 0 bridgehead atoms. The van der Waals surface area contributed by atoms with Crippen LogP contribution in [-0.4, -0.2) is 17.2 Å². The average Bonchev–Trinajstić information content (AvgIpc) is 2.37. The summed E-state index contributed by atoms with van der Waals surface area (Å²) in [6.45, 7) is 0.547. The second kappa shape index (κ2) is 3.65. The largest absolute Gasteiger partial charge is 0.389 e. The molecule has 0 saturated heterocycles. The molecular formula is C6H9NO2S. The van der Waals surface area contributed by atoms with E-state index in [0.717, 1.165) is 10.7 Å². The first-order valence-corrected chi connectivity index (χ1v) is 3.78. The van der Waals surface area contributed by atoms with Crippen LogP contribution in [0, 0.1) is 0 Å². The Hall–Kier alpha value is -0.450. The quantitative estimate of drug-likeness (QED) is 0.708. The van der Waals surface area contributed by atoms with Gasteiger partial charge in [0, 0.05) is 12.5 Å². The van der Waals surface area contributed by atoms with Gasteiger partial charge < -0.3 is 9.84 Å². The smallest absolute Gasteiger partial charge is 0.118 e. The van der Waals surface area contributed by atoms with Gasteiger partial charge in [0.25, 0.3) is 0 Å². The molecule has 0 radical (unpaired) electrons. The van der Waals surface area contributed by atoms with Crippen molar-refractivity contribution in [2.75, 3.05) is 7.11 Å². The Morgan fingerprint density at radius 1 is 1.80 bits per heavy atom. The number of aliphatic hydroxyl groups is 1. The van der Waals surface area contributed by atoms with Crippen molar-refractivity contribution in [1.29, 1.82) is 0 Å². The topological polar surface area (TPSA) is 42.4 Å². The van der Waals surface area contributed by atoms with Gasteiger partial charge in [-0.1, -0.05) is 0 Å². The Labute approximate surface area is 63.3 Å². The Morgan fingerprint density at radius 3 is 3.10 bits per heavy atom. The highest BCUT2D eigenvalue weighted by molar-refractivity contribution is 7.09. The molecule has 0 spiro atoms. The highest BCUT2D eigenvalue weighted by Gasteiger charge is 1.98. The summed E-state index contributed by atoms with van der Waals surface area (Å²) in [5.74, 6) is 0. The molecule has 0 aliphatic carbocycles. The lowest BCUT2D eigenvalue weighted by atomic mass is 10.5. The van der Waals surface area contributed by atoms with Crippen LogP contribution >= 0.6 is 11.3 Å². The zero-order chi connectivity index (χ0) is 7.40. The van der Waals surface area contributed by atoms with E-state index in [-0.39, 0.29) is 6.61 Å². The minimum absolute atomic E-state index is 0.0222. The summed E-state index contributed by atoms with van der Waals surface area (Å²) in [6.07, 6.45) is 0. The second-order valence-electron chi connectivity index (χ2n) is 1.82. The summed E-state index contributed by atoms with van der Waals surface area (Å²) in [6, 6.07) is 0. The fraction of sp³-hybridized carbons (Fsp3) is 0.500. The van der Waals surface area contributed by atoms with Crippen LogP contribution in [0.1, 0.15) is 10.7 Å². The zero-order valence-electron chi connectivity index (χ0n) is 5.70. The van der Waals surface area contributed by atoms with Crippen molar-refractivity contribution >= 4 is 11.3 Å². The normalized spacial score (nSPS) is 10.2. The molecule has 1 aromatic heterocycles. The molecule has 0 fully saturated rings. The summed E-state index contributed by atoms with van der Waals surface area (Å²) < 4.78 is 4.85. The molecule has 0 unspecified atom stereocenters. The Morgan fingerprint density at radius 2 is 2.60 bits per heavy atom. The molecule has 0 amide bonds. The van der Waals surface area contributed by atoms with Crippen LogP contribution in [0.4, 0.5) is 0 Å². The molecule has 1 N–H and O–H groups in total. The lowest BCUT2D eigenvalue weighted by molar-refractivity contribution is 0.181. The molecule has 4 heteroatoms. The zero-order valence-corrected chi connectivity index (χ0v) is 6.52. The van der Waals surface area contributed by atoms with Crippen molar-refractivity contribution in [3.05, 3.63) is 16.1 Å². The van der Waals surface area contributed by atoms with Gasteiger partial charge in [0.05, 0.1) is 18.9 Å². The number of rotatable bonds is 3. The van der Waals surface area contributed by atoms with Crippen LogP contribution in [-0.2, 0) is 18.0 Å². The van der Waals surface area contributed by atoms with Gasteiger partial charge in [-0.15, -0.1) is 11.3 Å². The molecule has 56 valence electrons. The van der Waals surface area contributed by atoms with Gasteiger partial charge in [-0.3, -0.25) is 0 Å². The maximum absolute atomic E-state index is 8.63. The van der Waals surface area contributed by atoms with Crippen molar-refractivity contribution in [3.63, 3.8) is 0 Å². The molecule has 0 saturated carbocycles. The van der Waals surface area contributed by atoms with Gasteiger partial charge >= 0.3 is 0 Å². The fourth-order valence-electron chi connectivity index (χ4n) is 0.636. The van der Waals surface area contributed by atoms with Crippen molar-refractivity contribution in [2.45, 2.75) is 13.2 Å². The standard InChI is InChI=1S/C6H9NO2S/c1-9-3-5-4-10-6(2-8)7-5/h4,8H,2-3H2,1H3. The lowest BCUT2D eigenvalue weighted by Crippen LogP contribution is -1.88. The first-order valence-electron chi connectivity index (χ1n) is 2.90. The van der Waals surface area contributed by atoms with Crippen LogP contribution in [0.25, 0.3) is 0 Å². The molecule has 10 heavy (non-hydrogen) atoms. The predicted molar refractivity (Wildman–Crippen MR) is 38.7 cm³/mol. The predicted octanol–water partition coefficient (Wildman–Crippen LogP) is 0.782. The lowest BCUT2D eigenvalue weighted by Gasteiger charge is -1.89. The first-order chi connectivity index (χ1) is 4.86. The van der Waals surface area contributed by atoms with E-state index in [1.165, 1.54) is 11.3 Å². The van der Waals surface area contributed by atoms with E-state index in [0.29, 0.717) is 6.61 Å². The van der Waals surface area contributed by atoms with E-state index in [4.69, 9.17) is 9.84 Å². The van der Waals surface area contributed by atoms with Gasteiger partial charge in [-0.25, -0.2) is 4.98 Å². The van der Waals surface area contributed by atoms with Gasteiger partial charge in [-0.05, 0) is 0 Å². The van der Waals surface area contributed by atoms with E-state index in [2.05, 4.69) is 4.98 Å². The maximum atomic E-state index is 8.63. The summed E-state index contributed by atoms with van der Waals surface area (Å²) in [7, 11) is 1.62. The summed E-state index contributed by atoms with van der Waals surface area (Å²) in [4.78, 5) is 4.06. The highest BCUT2D eigenvalue weighted by atomic mass is 32.1. The van der Waals surface area contributed by atoms with Crippen LogP contribution in [0.5, 0.6) is 0 Å². The third-order valence-corrected chi connectivity index (χ3v) is 1.91. The number of hydrogen-bond acceptors (Lipinski definition) is 4. The Bertz CT molecular complexity index is 199. The van der Waals surface area contributed by atoms with Crippen molar-refractivity contribution in [1.82, 2.24) is 4.98 Å². The monoisotopic (exact) mass is 159 g/mol. The third kappa shape index (κ3) is 1.76. The van der Waals surface area contributed by atoms with Crippen molar-refractivity contribution in [2.24, 2.45) is 0 Å². The molecule has 1 heterocycles. The van der Waals surface area contributed by atoms with Crippen molar-refractivity contribution < 1.29 is 9.84 Å². The van der Waals surface area contributed by atoms with Gasteiger partial charge in [0.1, 0.15) is 5.01 Å². The molecule has 0 aliphatic rings. The number of methoxy groups -OCH3 is 1.